The highest BCUT2D eigenvalue weighted by molar-refractivity contribution is 9.10. The number of halogens is 1. The van der Waals surface area contributed by atoms with Crippen LogP contribution in [0.4, 0.5) is 0 Å². The van der Waals surface area contributed by atoms with Crippen LogP contribution < -0.4 is 0 Å². The molecule has 1 aliphatic rings. The van der Waals surface area contributed by atoms with Gasteiger partial charge in [0, 0.05) is 16.5 Å². The van der Waals surface area contributed by atoms with Gasteiger partial charge in [0.25, 0.3) is 0 Å². The number of nitrogens with zero attached hydrogens (tertiary/aromatic N) is 2. The van der Waals surface area contributed by atoms with Gasteiger partial charge >= 0.3 is 5.97 Å². The van der Waals surface area contributed by atoms with E-state index in [4.69, 9.17) is 9.47 Å². The zero-order valence-corrected chi connectivity index (χ0v) is 12.0. The molecular weight excluding hydrogens is 312 g/mol. The number of methoxy groups -OCH3 is 1. The summed E-state index contributed by atoms with van der Waals surface area (Å²) < 4.78 is 13.0. The van der Waals surface area contributed by atoms with Gasteiger partial charge in [-0.15, -0.1) is 0 Å². The molecule has 5 nitrogen and oxygen atoms in total. The maximum Gasteiger partial charge on any atom is 0.359 e. The Kier molecular flexibility index (Phi) is 3.28. The smallest absolute Gasteiger partial charge is 0.359 e. The van der Waals surface area contributed by atoms with Crippen LogP contribution in [0.2, 0.25) is 0 Å². The molecule has 0 amide bonds. The first-order valence-electron chi connectivity index (χ1n) is 6.04. The van der Waals surface area contributed by atoms with Crippen molar-refractivity contribution in [3.8, 4) is 0 Å². The molecule has 1 aromatic carbocycles. The van der Waals surface area contributed by atoms with Crippen LogP contribution in [0.25, 0.3) is 10.9 Å². The quantitative estimate of drug-likeness (QED) is 0.797. The SMILES string of the molecule is COC(=O)c1nn([C@@H]2CCOC2)c2ccc(Br)cc12. The van der Waals surface area contributed by atoms with Crippen LogP contribution in [0.5, 0.6) is 0 Å². The Morgan fingerprint density at radius 2 is 2.42 bits per heavy atom. The lowest BCUT2D eigenvalue weighted by Crippen LogP contribution is -2.11. The first kappa shape index (κ1) is 12.6. The lowest BCUT2D eigenvalue weighted by atomic mass is 10.2. The van der Waals surface area contributed by atoms with E-state index < -0.39 is 5.97 Å². The lowest BCUT2D eigenvalue weighted by molar-refractivity contribution is 0.0594. The summed E-state index contributed by atoms with van der Waals surface area (Å²) in [6.07, 6.45) is 0.910. The van der Waals surface area contributed by atoms with Crippen molar-refractivity contribution in [2.45, 2.75) is 12.5 Å². The molecule has 1 aliphatic heterocycles. The number of ether oxygens (including phenoxy) is 2. The molecule has 1 fully saturated rings. The fourth-order valence-electron chi connectivity index (χ4n) is 2.35. The van der Waals surface area contributed by atoms with Crippen molar-refractivity contribution in [2.75, 3.05) is 20.3 Å². The van der Waals surface area contributed by atoms with Crippen molar-refractivity contribution in [2.24, 2.45) is 0 Å². The van der Waals surface area contributed by atoms with E-state index in [1.165, 1.54) is 7.11 Å². The zero-order chi connectivity index (χ0) is 13.4. The van der Waals surface area contributed by atoms with Gasteiger partial charge in [0.1, 0.15) is 0 Å². The summed E-state index contributed by atoms with van der Waals surface area (Å²) >= 11 is 3.42. The minimum absolute atomic E-state index is 0.182. The molecule has 0 N–H and O–H groups in total. The first-order chi connectivity index (χ1) is 9.20. The number of benzene rings is 1. The van der Waals surface area contributed by atoms with E-state index in [1.807, 2.05) is 22.9 Å². The van der Waals surface area contributed by atoms with Gasteiger partial charge in [0.05, 0.1) is 25.3 Å². The Morgan fingerprint density at radius 1 is 1.58 bits per heavy atom. The van der Waals surface area contributed by atoms with Crippen LogP contribution in [0.15, 0.2) is 22.7 Å². The summed E-state index contributed by atoms with van der Waals surface area (Å²) in [6, 6.07) is 5.97. The van der Waals surface area contributed by atoms with Crippen molar-refractivity contribution >= 4 is 32.8 Å². The third kappa shape index (κ3) is 2.15. The third-order valence-corrected chi connectivity index (χ3v) is 3.79. The van der Waals surface area contributed by atoms with E-state index in [-0.39, 0.29) is 6.04 Å². The summed E-state index contributed by atoms with van der Waals surface area (Å²) in [7, 11) is 1.36. The third-order valence-electron chi connectivity index (χ3n) is 3.30. The number of carbonyl (C=O) groups is 1. The normalized spacial score (nSPS) is 18.9. The molecule has 6 heteroatoms. The zero-order valence-electron chi connectivity index (χ0n) is 10.4. The largest absolute Gasteiger partial charge is 0.464 e. The topological polar surface area (TPSA) is 53.3 Å². The highest BCUT2D eigenvalue weighted by Gasteiger charge is 2.24. The van der Waals surface area contributed by atoms with E-state index in [2.05, 4.69) is 21.0 Å². The number of rotatable bonds is 2. The second-order valence-electron chi connectivity index (χ2n) is 4.46. The second-order valence-corrected chi connectivity index (χ2v) is 5.38. The van der Waals surface area contributed by atoms with Gasteiger partial charge in [-0.3, -0.25) is 4.68 Å². The molecule has 0 radical (unpaired) electrons. The standard InChI is InChI=1S/C13H13BrN2O3/c1-18-13(17)12-10-6-8(14)2-3-11(10)16(15-12)9-4-5-19-7-9/h2-3,6,9H,4-5,7H2,1H3/t9-/m1/s1. The summed E-state index contributed by atoms with van der Waals surface area (Å²) in [6.45, 7) is 1.36. The molecule has 1 atom stereocenters. The van der Waals surface area contributed by atoms with Crippen molar-refractivity contribution in [1.29, 1.82) is 0 Å². The minimum atomic E-state index is -0.416. The second kappa shape index (κ2) is 4.94. The Labute approximate surface area is 118 Å². The summed E-state index contributed by atoms with van der Waals surface area (Å²) in [4.78, 5) is 11.8. The number of hydrogen-bond acceptors (Lipinski definition) is 4. The fraction of sp³-hybridized carbons (Fsp3) is 0.385. The molecule has 19 heavy (non-hydrogen) atoms. The van der Waals surface area contributed by atoms with Gasteiger partial charge < -0.3 is 9.47 Å². The molecule has 1 aromatic heterocycles. The van der Waals surface area contributed by atoms with E-state index >= 15 is 0 Å². The summed E-state index contributed by atoms with van der Waals surface area (Å²) in [5.74, 6) is -0.416. The van der Waals surface area contributed by atoms with Crippen molar-refractivity contribution < 1.29 is 14.3 Å². The van der Waals surface area contributed by atoms with Gasteiger partial charge in [-0.1, -0.05) is 15.9 Å². The van der Waals surface area contributed by atoms with E-state index in [9.17, 15) is 4.79 Å². The molecule has 2 aromatic rings. The molecule has 0 spiro atoms. The van der Waals surface area contributed by atoms with E-state index in [0.717, 1.165) is 28.4 Å². The Balaban J connectivity index is 2.19. The van der Waals surface area contributed by atoms with Crippen molar-refractivity contribution in [3.05, 3.63) is 28.4 Å². The molecular formula is C13H13BrN2O3. The minimum Gasteiger partial charge on any atom is -0.464 e. The first-order valence-corrected chi connectivity index (χ1v) is 6.84. The van der Waals surface area contributed by atoms with E-state index in [1.54, 1.807) is 0 Å². The average Bonchev–Trinajstić information content (AvgIpc) is 3.03. The van der Waals surface area contributed by atoms with Crippen LogP contribution in [0, 0.1) is 0 Å². The predicted octanol–water partition coefficient (Wildman–Crippen LogP) is 2.55. The number of hydrogen-bond donors (Lipinski definition) is 0. The Hall–Kier alpha value is -1.40. The van der Waals surface area contributed by atoms with Crippen LogP contribution in [0.3, 0.4) is 0 Å². The molecule has 2 heterocycles. The van der Waals surface area contributed by atoms with Gasteiger partial charge in [-0.2, -0.15) is 5.10 Å². The van der Waals surface area contributed by atoms with Crippen molar-refractivity contribution in [1.82, 2.24) is 9.78 Å². The molecule has 100 valence electrons. The summed E-state index contributed by atoms with van der Waals surface area (Å²) in [5.41, 5.74) is 1.28. The highest BCUT2D eigenvalue weighted by atomic mass is 79.9. The molecule has 0 saturated carbocycles. The van der Waals surface area contributed by atoms with Gasteiger partial charge in [0.2, 0.25) is 0 Å². The Morgan fingerprint density at radius 3 is 3.11 bits per heavy atom. The van der Waals surface area contributed by atoms with Crippen LogP contribution in [-0.2, 0) is 9.47 Å². The number of carbonyl (C=O) groups excluding carboxylic acids is 1. The summed E-state index contributed by atoms with van der Waals surface area (Å²) in [5, 5.41) is 5.22. The molecule has 1 saturated heterocycles. The maximum atomic E-state index is 11.8. The van der Waals surface area contributed by atoms with Crippen LogP contribution in [0.1, 0.15) is 23.0 Å². The molecule has 3 rings (SSSR count). The predicted molar refractivity (Wildman–Crippen MR) is 73.2 cm³/mol. The average molecular weight is 325 g/mol. The highest BCUT2D eigenvalue weighted by Crippen LogP contribution is 2.28. The monoisotopic (exact) mass is 324 g/mol. The Bertz CT molecular complexity index is 632. The molecule has 0 unspecified atom stereocenters. The molecule has 0 aliphatic carbocycles. The van der Waals surface area contributed by atoms with Gasteiger partial charge in [0.15, 0.2) is 5.69 Å². The van der Waals surface area contributed by atoms with Crippen LogP contribution in [-0.4, -0.2) is 36.1 Å². The number of aromatic nitrogens is 2. The van der Waals surface area contributed by atoms with Crippen LogP contribution >= 0.6 is 15.9 Å². The fourth-order valence-corrected chi connectivity index (χ4v) is 2.72. The van der Waals surface area contributed by atoms with Gasteiger partial charge in [-0.05, 0) is 24.6 Å². The lowest BCUT2D eigenvalue weighted by Gasteiger charge is -2.09. The maximum absolute atomic E-state index is 11.8. The molecule has 0 bridgehead atoms. The van der Waals surface area contributed by atoms with E-state index in [0.29, 0.717) is 12.3 Å². The van der Waals surface area contributed by atoms with Crippen molar-refractivity contribution in [3.63, 3.8) is 0 Å². The number of esters is 1. The van der Waals surface area contributed by atoms with Gasteiger partial charge in [-0.25, -0.2) is 4.79 Å². The number of fused-ring (bicyclic) bond motifs is 1.